The maximum absolute atomic E-state index is 11.9. The molecule has 1 aromatic heterocycles. The van der Waals surface area contributed by atoms with Crippen LogP contribution in [-0.2, 0) is 7.05 Å². The highest BCUT2D eigenvalue weighted by Crippen LogP contribution is 2.23. The molecule has 0 spiro atoms. The molecule has 0 atom stereocenters. The van der Waals surface area contributed by atoms with Crippen LogP contribution in [0.15, 0.2) is 35.2 Å². The van der Waals surface area contributed by atoms with E-state index in [2.05, 4.69) is 26.2 Å². The summed E-state index contributed by atoms with van der Waals surface area (Å²) in [5.74, 6) is -0.291. The van der Waals surface area contributed by atoms with Crippen LogP contribution >= 0.6 is 15.9 Å². The Kier molecular flexibility index (Phi) is 3.44. The second kappa shape index (κ2) is 5.02. The number of anilines is 1. The maximum atomic E-state index is 11.9. The molecule has 6 heteroatoms. The monoisotopic (exact) mass is 304 g/mol. The van der Waals surface area contributed by atoms with Gasteiger partial charge >= 0.3 is 0 Å². The first-order valence-corrected chi connectivity index (χ1v) is 5.88. The number of carbonyl (C=O) groups excluding carboxylic acids is 1. The van der Waals surface area contributed by atoms with Crippen LogP contribution in [0.3, 0.4) is 0 Å². The normalized spacial score (nSPS) is 9.83. The zero-order valence-corrected chi connectivity index (χ0v) is 11.1. The van der Waals surface area contributed by atoms with Gasteiger partial charge in [0, 0.05) is 17.7 Å². The molecule has 0 unspecified atom stereocenters. The molecule has 0 fully saturated rings. The highest BCUT2D eigenvalue weighted by molar-refractivity contribution is 9.10. The van der Waals surface area contributed by atoms with Crippen molar-refractivity contribution in [2.45, 2.75) is 0 Å². The van der Waals surface area contributed by atoms with E-state index < -0.39 is 0 Å². The fraction of sp³-hybridized carbons (Fsp3) is 0.0833. The number of aryl methyl sites for hydroxylation is 1. The van der Waals surface area contributed by atoms with E-state index in [1.807, 2.05) is 6.07 Å². The number of amides is 1. The van der Waals surface area contributed by atoms with Crippen molar-refractivity contribution >= 4 is 27.5 Å². The smallest absolute Gasteiger partial charge is 0.275 e. The lowest BCUT2D eigenvalue weighted by atomic mass is 10.2. The van der Waals surface area contributed by atoms with E-state index in [0.717, 1.165) is 0 Å². The third kappa shape index (κ3) is 2.57. The molecule has 1 heterocycles. The molecule has 0 aliphatic heterocycles. The van der Waals surface area contributed by atoms with Crippen LogP contribution in [0.25, 0.3) is 0 Å². The van der Waals surface area contributed by atoms with Crippen LogP contribution in [0.4, 0.5) is 5.69 Å². The zero-order valence-electron chi connectivity index (χ0n) is 9.51. The zero-order chi connectivity index (χ0) is 13.1. The first kappa shape index (κ1) is 12.3. The Labute approximate surface area is 112 Å². The highest BCUT2D eigenvalue weighted by atomic mass is 79.9. The maximum Gasteiger partial charge on any atom is 0.275 e. The van der Waals surface area contributed by atoms with Gasteiger partial charge in [0.05, 0.1) is 23.6 Å². The molecule has 1 amide bonds. The van der Waals surface area contributed by atoms with Gasteiger partial charge in [-0.05, 0) is 34.1 Å². The molecule has 0 saturated carbocycles. The van der Waals surface area contributed by atoms with Crippen molar-refractivity contribution in [3.8, 4) is 6.07 Å². The van der Waals surface area contributed by atoms with Gasteiger partial charge in [-0.25, -0.2) is 4.98 Å². The first-order valence-electron chi connectivity index (χ1n) is 5.09. The number of hydrogen-bond donors (Lipinski definition) is 1. The summed E-state index contributed by atoms with van der Waals surface area (Å²) >= 11 is 3.30. The minimum absolute atomic E-state index is 0.291. The molecule has 1 N–H and O–H groups in total. The van der Waals surface area contributed by atoms with E-state index in [1.54, 1.807) is 42.3 Å². The summed E-state index contributed by atoms with van der Waals surface area (Å²) in [6.07, 6.45) is 3.19. The number of nitrogens with one attached hydrogen (secondary N) is 1. The van der Waals surface area contributed by atoms with Crippen LogP contribution in [-0.4, -0.2) is 15.5 Å². The standard InChI is InChI=1S/C12H9BrN4O/c1-17-6-11(15-7-17)12(18)16-10-3-2-8(5-14)4-9(10)13/h2-4,6-7H,1H3,(H,16,18). The van der Waals surface area contributed by atoms with Crippen LogP contribution in [0, 0.1) is 11.3 Å². The molecule has 5 nitrogen and oxygen atoms in total. The molecule has 0 aliphatic rings. The van der Waals surface area contributed by atoms with Crippen molar-refractivity contribution in [2.24, 2.45) is 7.05 Å². The van der Waals surface area contributed by atoms with Gasteiger partial charge in [-0.15, -0.1) is 0 Å². The SMILES string of the molecule is Cn1cnc(C(=O)Nc2ccc(C#N)cc2Br)c1. The number of imidazole rings is 1. The number of nitriles is 1. The van der Waals surface area contributed by atoms with Gasteiger partial charge in [0.15, 0.2) is 0 Å². The summed E-state index contributed by atoms with van der Waals surface area (Å²) in [6.45, 7) is 0. The van der Waals surface area contributed by atoms with Gasteiger partial charge in [-0.2, -0.15) is 5.26 Å². The van der Waals surface area contributed by atoms with Gasteiger partial charge in [0.1, 0.15) is 5.69 Å². The van der Waals surface area contributed by atoms with Crippen molar-refractivity contribution in [1.82, 2.24) is 9.55 Å². The van der Waals surface area contributed by atoms with E-state index in [4.69, 9.17) is 5.26 Å². The molecule has 2 rings (SSSR count). The number of hydrogen-bond acceptors (Lipinski definition) is 3. The van der Waals surface area contributed by atoms with Crippen LogP contribution in [0.2, 0.25) is 0 Å². The van der Waals surface area contributed by atoms with Gasteiger partial charge in [-0.1, -0.05) is 0 Å². The van der Waals surface area contributed by atoms with Gasteiger partial charge in [0.2, 0.25) is 0 Å². The minimum atomic E-state index is -0.291. The second-order valence-electron chi connectivity index (χ2n) is 3.68. The number of benzene rings is 1. The Morgan fingerprint density at radius 3 is 2.89 bits per heavy atom. The van der Waals surface area contributed by atoms with E-state index >= 15 is 0 Å². The van der Waals surface area contributed by atoms with E-state index in [0.29, 0.717) is 21.4 Å². The summed E-state index contributed by atoms with van der Waals surface area (Å²) < 4.78 is 2.36. The average Bonchev–Trinajstić information content (AvgIpc) is 2.78. The Balaban J connectivity index is 2.20. The molecule has 0 saturated heterocycles. The number of rotatable bonds is 2. The number of halogens is 1. The molecular formula is C12H9BrN4O. The van der Waals surface area contributed by atoms with Crippen LogP contribution in [0.1, 0.15) is 16.1 Å². The molecule has 2 aromatic rings. The van der Waals surface area contributed by atoms with E-state index in [-0.39, 0.29) is 5.91 Å². The van der Waals surface area contributed by atoms with Crippen molar-refractivity contribution in [2.75, 3.05) is 5.32 Å². The number of nitrogens with zero attached hydrogens (tertiary/aromatic N) is 3. The quantitative estimate of drug-likeness (QED) is 0.925. The molecule has 0 aliphatic carbocycles. The number of carbonyl (C=O) groups is 1. The van der Waals surface area contributed by atoms with Crippen LogP contribution in [0.5, 0.6) is 0 Å². The van der Waals surface area contributed by atoms with Crippen molar-refractivity contribution in [3.63, 3.8) is 0 Å². The Morgan fingerprint density at radius 1 is 1.56 bits per heavy atom. The summed E-state index contributed by atoms with van der Waals surface area (Å²) in [5, 5.41) is 11.5. The van der Waals surface area contributed by atoms with Gasteiger partial charge < -0.3 is 9.88 Å². The molecule has 90 valence electrons. The fourth-order valence-corrected chi connectivity index (χ4v) is 1.88. The minimum Gasteiger partial charge on any atom is -0.340 e. The third-order valence-electron chi connectivity index (χ3n) is 2.28. The van der Waals surface area contributed by atoms with Crippen LogP contribution < -0.4 is 5.32 Å². The summed E-state index contributed by atoms with van der Waals surface area (Å²) in [4.78, 5) is 15.8. The van der Waals surface area contributed by atoms with Crippen molar-refractivity contribution in [3.05, 3.63) is 46.5 Å². The summed E-state index contributed by atoms with van der Waals surface area (Å²) in [7, 11) is 1.79. The largest absolute Gasteiger partial charge is 0.340 e. The van der Waals surface area contributed by atoms with Gasteiger partial charge in [0.25, 0.3) is 5.91 Å². The lowest BCUT2D eigenvalue weighted by Crippen LogP contribution is -2.12. The number of aromatic nitrogens is 2. The summed E-state index contributed by atoms with van der Waals surface area (Å²) in [6, 6.07) is 6.98. The lowest BCUT2D eigenvalue weighted by Gasteiger charge is -2.05. The first-order chi connectivity index (χ1) is 8.60. The molecule has 0 radical (unpaired) electrons. The molecular weight excluding hydrogens is 296 g/mol. The van der Waals surface area contributed by atoms with Gasteiger partial charge in [-0.3, -0.25) is 4.79 Å². The van der Waals surface area contributed by atoms with E-state index in [1.165, 1.54) is 0 Å². The molecule has 1 aromatic carbocycles. The van der Waals surface area contributed by atoms with Crippen molar-refractivity contribution in [1.29, 1.82) is 5.26 Å². The van der Waals surface area contributed by atoms with Crippen molar-refractivity contribution < 1.29 is 4.79 Å². The molecule has 18 heavy (non-hydrogen) atoms. The highest BCUT2D eigenvalue weighted by Gasteiger charge is 2.10. The summed E-state index contributed by atoms with van der Waals surface area (Å²) in [5.41, 5.74) is 1.47. The topological polar surface area (TPSA) is 70.7 Å². The lowest BCUT2D eigenvalue weighted by molar-refractivity contribution is 0.102. The molecule has 0 bridgehead atoms. The predicted octanol–water partition coefficient (Wildman–Crippen LogP) is 2.31. The van der Waals surface area contributed by atoms with E-state index in [9.17, 15) is 4.79 Å². The Hall–Kier alpha value is -2.13. The fourth-order valence-electron chi connectivity index (χ4n) is 1.40. The second-order valence-corrected chi connectivity index (χ2v) is 4.54. The Bertz CT molecular complexity index is 642. The third-order valence-corrected chi connectivity index (χ3v) is 2.94. The average molecular weight is 305 g/mol. The predicted molar refractivity (Wildman–Crippen MR) is 70.0 cm³/mol. The Morgan fingerprint density at radius 2 is 2.33 bits per heavy atom.